The minimum Gasteiger partial charge on any atom is -0.313 e. The molecule has 144 valence electrons. The predicted octanol–water partition coefficient (Wildman–Crippen LogP) is 5.03. The van der Waals surface area contributed by atoms with Crippen molar-refractivity contribution >= 4 is 34.7 Å². The lowest BCUT2D eigenvalue weighted by Crippen LogP contribution is -2.51. The summed E-state index contributed by atoms with van der Waals surface area (Å²) >= 11 is 5.97. The molecule has 0 unspecified atom stereocenters. The summed E-state index contributed by atoms with van der Waals surface area (Å²) in [6.07, 6.45) is 7.50. The van der Waals surface area contributed by atoms with Crippen molar-refractivity contribution in [2.75, 3.05) is 0 Å². The summed E-state index contributed by atoms with van der Waals surface area (Å²) in [5, 5.41) is 1.86. The summed E-state index contributed by atoms with van der Waals surface area (Å²) < 4.78 is 0. The van der Waals surface area contributed by atoms with Crippen molar-refractivity contribution in [1.29, 1.82) is 0 Å². The summed E-state index contributed by atoms with van der Waals surface area (Å²) in [7, 11) is 0. The molecule has 0 radical (unpaired) electrons. The zero-order valence-electron chi connectivity index (χ0n) is 16.0. The van der Waals surface area contributed by atoms with Gasteiger partial charge in [0.15, 0.2) is 5.82 Å². The van der Waals surface area contributed by atoms with Crippen LogP contribution in [0.25, 0.3) is 23.1 Å². The Kier molecular flexibility index (Phi) is 5.19. The van der Waals surface area contributed by atoms with Crippen LogP contribution < -0.4 is 11.5 Å². The van der Waals surface area contributed by atoms with Crippen LogP contribution in [-0.4, -0.2) is 15.6 Å². The number of benzene rings is 2. The fourth-order valence-electron chi connectivity index (χ4n) is 3.84. The highest BCUT2D eigenvalue weighted by molar-refractivity contribution is 6.30. The summed E-state index contributed by atoms with van der Waals surface area (Å²) in [5.41, 5.74) is 16.1. The van der Waals surface area contributed by atoms with Crippen molar-refractivity contribution in [2.24, 2.45) is 11.5 Å². The monoisotopic (exact) mass is 392 g/mol. The Morgan fingerprint density at radius 2 is 1.71 bits per heavy atom. The van der Waals surface area contributed by atoms with Crippen LogP contribution in [0.3, 0.4) is 0 Å². The Morgan fingerprint density at radius 1 is 1.00 bits per heavy atom. The molecule has 0 spiro atoms. The number of rotatable bonds is 3. The van der Waals surface area contributed by atoms with E-state index in [0.29, 0.717) is 5.92 Å². The standard InChI is InChI=1S/C23H25ClN4/c1-15-2-8-20-19(14-15)22(17-10-12-23(25,26)13-11-17)28-21(27-20)9-5-16-3-6-18(24)7-4-16/h2-9,14,17H,10-13,25-26H2,1H3. The number of hydrogen-bond donors (Lipinski definition) is 2. The number of aryl methyl sites for hydroxylation is 1. The average molecular weight is 393 g/mol. The molecule has 1 saturated carbocycles. The molecule has 5 heteroatoms. The molecule has 1 heterocycles. The first-order valence-electron chi connectivity index (χ1n) is 9.69. The lowest BCUT2D eigenvalue weighted by atomic mass is 9.80. The average Bonchev–Trinajstić information content (AvgIpc) is 2.67. The molecule has 0 saturated heterocycles. The number of nitrogens with two attached hydrogens (primary N) is 2. The molecule has 28 heavy (non-hydrogen) atoms. The summed E-state index contributed by atoms with van der Waals surface area (Å²) in [6, 6.07) is 14.1. The molecule has 4 nitrogen and oxygen atoms in total. The highest BCUT2D eigenvalue weighted by Gasteiger charge is 2.30. The lowest BCUT2D eigenvalue weighted by molar-refractivity contribution is 0.279. The smallest absolute Gasteiger partial charge is 0.152 e. The molecule has 4 N–H and O–H groups in total. The molecular formula is C23H25ClN4. The Bertz CT molecular complexity index is 1010. The first kappa shape index (κ1) is 19.1. The van der Waals surface area contributed by atoms with Gasteiger partial charge in [-0.2, -0.15) is 0 Å². The van der Waals surface area contributed by atoms with E-state index in [1.165, 1.54) is 5.56 Å². The van der Waals surface area contributed by atoms with E-state index in [1.807, 2.05) is 36.4 Å². The van der Waals surface area contributed by atoms with Gasteiger partial charge in [0.1, 0.15) is 0 Å². The van der Waals surface area contributed by atoms with Crippen LogP contribution in [0.4, 0.5) is 0 Å². The molecule has 2 aromatic carbocycles. The molecule has 0 atom stereocenters. The number of aromatic nitrogens is 2. The van der Waals surface area contributed by atoms with Gasteiger partial charge in [-0.3, -0.25) is 0 Å². The third-order valence-electron chi connectivity index (χ3n) is 5.50. The Labute approximate surface area is 170 Å². The van der Waals surface area contributed by atoms with E-state index in [1.54, 1.807) is 0 Å². The molecule has 0 aliphatic heterocycles. The quantitative estimate of drug-likeness (QED) is 0.612. The second kappa shape index (κ2) is 7.63. The van der Waals surface area contributed by atoms with Crippen molar-refractivity contribution in [3.05, 3.63) is 70.1 Å². The van der Waals surface area contributed by atoms with Crippen molar-refractivity contribution in [2.45, 2.75) is 44.2 Å². The Morgan fingerprint density at radius 3 is 2.43 bits per heavy atom. The van der Waals surface area contributed by atoms with Crippen LogP contribution in [0, 0.1) is 6.92 Å². The SMILES string of the molecule is Cc1ccc2nc(C=Cc3ccc(Cl)cc3)nc(C3CCC(N)(N)CC3)c2c1. The highest BCUT2D eigenvalue weighted by Crippen LogP contribution is 2.37. The van der Waals surface area contributed by atoms with Gasteiger partial charge in [0.25, 0.3) is 0 Å². The Balaban J connectivity index is 1.72. The van der Waals surface area contributed by atoms with Gasteiger partial charge >= 0.3 is 0 Å². The van der Waals surface area contributed by atoms with Crippen LogP contribution in [0.2, 0.25) is 5.02 Å². The molecule has 1 fully saturated rings. The van der Waals surface area contributed by atoms with Gasteiger partial charge in [-0.1, -0.05) is 41.4 Å². The van der Waals surface area contributed by atoms with Crippen molar-refractivity contribution in [3.8, 4) is 0 Å². The molecule has 1 aliphatic rings. The van der Waals surface area contributed by atoms with Crippen molar-refractivity contribution in [3.63, 3.8) is 0 Å². The maximum Gasteiger partial charge on any atom is 0.152 e. The van der Waals surface area contributed by atoms with Crippen LogP contribution in [0.1, 0.15) is 54.2 Å². The first-order chi connectivity index (χ1) is 13.4. The molecule has 0 amide bonds. The number of hydrogen-bond acceptors (Lipinski definition) is 4. The lowest BCUT2D eigenvalue weighted by Gasteiger charge is -2.34. The van der Waals surface area contributed by atoms with Gasteiger partial charge in [0, 0.05) is 16.3 Å². The Hall–Kier alpha value is -2.27. The molecule has 0 bridgehead atoms. The zero-order chi connectivity index (χ0) is 19.7. The van der Waals surface area contributed by atoms with E-state index >= 15 is 0 Å². The molecular weight excluding hydrogens is 368 g/mol. The molecule has 3 aromatic rings. The largest absolute Gasteiger partial charge is 0.313 e. The van der Waals surface area contributed by atoms with Gasteiger partial charge in [0.2, 0.25) is 0 Å². The van der Waals surface area contributed by atoms with Crippen LogP contribution in [0.15, 0.2) is 42.5 Å². The van der Waals surface area contributed by atoms with E-state index in [4.69, 9.17) is 33.0 Å². The van der Waals surface area contributed by atoms with Gasteiger partial charge < -0.3 is 11.5 Å². The fraction of sp³-hybridized carbons (Fsp3) is 0.304. The van der Waals surface area contributed by atoms with E-state index in [2.05, 4.69) is 25.1 Å². The molecule has 1 aliphatic carbocycles. The molecule has 4 rings (SSSR count). The highest BCUT2D eigenvalue weighted by atomic mass is 35.5. The van der Waals surface area contributed by atoms with Crippen LogP contribution in [0.5, 0.6) is 0 Å². The number of nitrogens with zero attached hydrogens (tertiary/aromatic N) is 2. The summed E-state index contributed by atoms with van der Waals surface area (Å²) in [5.74, 6) is 1.08. The minimum atomic E-state index is -0.549. The van der Waals surface area contributed by atoms with Crippen molar-refractivity contribution < 1.29 is 0 Å². The van der Waals surface area contributed by atoms with E-state index in [0.717, 1.165) is 58.7 Å². The van der Waals surface area contributed by atoms with E-state index in [9.17, 15) is 0 Å². The van der Waals surface area contributed by atoms with E-state index in [-0.39, 0.29) is 0 Å². The van der Waals surface area contributed by atoms with Gasteiger partial charge in [-0.25, -0.2) is 9.97 Å². The normalized spacial score (nSPS) is 17.4. The summed E-state index contributed by atoms with van der Waals surface area (Å²) in [4.78, 5) is 9.70. The fourth-order valence-corrected chi connectivity index (χ4v) is 3.97. The van der Waals surface area contributed by atoms with Crippen LogP contribution in [-0.2, 0) is 0 Å². The third-order valence-corrected chi connectivity index (χ3v) is 5.75. The minimum absolute atomic E-state index is 0.357. The maximum absolute atomic E-state index is 6.13. The predicted molar refractivity (Wildman–Crippen MR) is 117 cm³/mol. The zero-order valence-corrected chi connectivity index (χ0v) is 16.8. The first-order valence-corrected chi connectivity index (χ1v) is 10.1. The third kappa shape index (κ3) is 4.25. The number of halogens is 1. The number of fused-ring (bicyclic) bond motifs is 1. The topological polar surface area (TPSA) is 77.8 Å². The second-order valence-electron chi connectivity index (χ2n) is 7.88. The summed E-state index contributed by atoms with van der Waals surface area (Å²) in [6.45, 7) is 2.10. The van der Waals surface area contributed by atoms with Crippen LogP contribution >= 0.6 is 11.6 Å². The van der Waals surface area contributed by atoms with E-state index < -0.39 is 5.66 Å². The van der Waals surface area contributed by atoms with Gasteiger partial charge in [-0.15, -0.1) is 0 Å². The molecule has 1 aromatic heterocycles. The van der Waals surface area contributed by atoms with Gasteiger partial charge in [-0.05, 0) is 68.5 Å². The second-order valence-corrected chi connectivity index (χ2v) is 8.32. The van der Waals surface area contributed by atoms with Gasteiger partial charge in [0.05, 0.1) is 16.9 Å². The maximum atomic E-state index is 6.13. The van der Waals surface area contributed by atoms with Crippen molar-refractivity contribution in [1.82, 2.24) is 9.97 Å².